The number of halogens is 1. The molecule has 28 heavy (non-hydrogen) atoms. The number of carbonyl (C=O) groups excluding carboxylic acids is 1. The number of fused-ring (bicyclic) bond motifs is 1. The van der Waals surface area contributed by atoms with Gasteiger partial charge in [0, 0.05) is 28.9 Å². The van der Waals surface area contributed by atoms with Crippen molar-refractivity contribution >= 4 is 28.5 Å². The van der Waals surface area contributed by atoms with Crippen molar-refractivity contribution in [2.24, 2.45) is 0 Å². The Morgan fingerprint density at radius 3 is 2.43 bits per heavy atom. The molecule has 0 atom stereocenters. The van der Waals surface area contributed by atoms with Crippen LogP contribution in [0.3, 0.4) is 0 Å². The Balaban J connectivity index is 2.28. The van der Waals surface area contributed by atoms with E-state index in [0.717, 1.165) is 38.7 Å². The molecule has 0 aliphatic rings. The molecule has 2 aromatic carbocycles. The van der Waals surface area contributed by atoms with Gasteiger partial charge < -0.3 is 9.30 Å². The van der Waals surface area contributed by atoms with Crippen LogP contribution in [-0.2, 0) is 28.9 Å². The second kappa shape index (κ2) is 8.19. The van der Waals surface area contributed by atoms with Gasteiger partial charge in [-0.15, -0.1) is 0 Å². The predicted octanol–water partition coefficient (Wildman–Crippen LogP) is 4.60. The first-order valence-electron chi connectivity index (χ1n) is 9.32. The average molecular weight is 398 g/mol. The highest BCUT2D eigenvalue weighted by molar-refractivity contribution is 6.30. The van der Waals surface area contributed by atoms with Crippen molar-refractivity contribution in [2.45, 2.75) is 40.2 Å². The van der Waals surface area contributed by atoms with E-state index in [1.165, 1.54) is 7.11 Å². The van der Waals surface area contributed by atoms with Gasteiger partial charge >= 0.3 is 5.97 Å². The van der Waals surface area contributed by atoms with Gasteiger partial charge in [-0.2, -0.15) is 0 Å². The van der Waals surface area contributed by atoms with Crippen LogP contribution in [0.5, 0.6) is 0 Å². The van der Waals surface area contributed by atoms with Gasteiger partial charge in [0.15, 0.2) is 0 Å². The summed E-state index contributed by atoms with van der Waals surface area (Å²) in [5, 5.41) is 1.63. The maximum Gasteiger partial charge on any atom is 0.310 e. The summed E-state index contributed by atoms with van der Waals surface area (Å²) < 4.78 is 6.67. The minimum absolute atomic E-state index is 0.0112. The van der Waals surface area contributed by atoms with Crippen molar-refractivity contribution in [2.75, 3.05) is 7.11 Å². The van der Waals surface area contributed by atoms with Gasteiger partial charge in [-0.05, 0) is 61.2 Å². The zero-order valence-electron chi connectivity index (χ0n) is 16.6. The smallest absolute Gasteiger partial charge is 0.310 e. The van der Waals surface area contributed by atoms with Crippen LogP contribution in [0, 0.1) is 13.8 Å². The maximum absolute atomic E-state index is 13.3. The molecule has 3 rings (SSSR count). The van der Waals surface area contributed by atoms with E-state index in [0.29, 0.717) is 18.0 Å². The lowest BCUT2D eigenvalue weighted by molar-refractivity contribution is -0.139. The summed E-state index contributed by atoms with van der Waals surface area (Å²) in [6, 6.07) is 11.6. The van der Waals surface area contributed by atoms with Gasteiger partial charge in [-0.1, -0.05) is 29.8 Å². The average Bonchev–Trinajstić information content (AvgIpc) is 2.66. The summed E-state index contributed by atoms with van der Waals surface area (Å²) in [6.45, 7) is 6.46. The molecule has 0 aliphatic carbocycles. The minimum Gasteiger partial charge on any atom is -0.469 e. The van der Waals surface area contributed by atoms with Crippen molar-refractivity contribution in [3.8, 4) is 0 Å². The third-order valence-corrected chi connectivity index (χ3v) is 5.39. The molecule has 0 saturated carbocycles. The minimum atomic E-state index is -0.292. The number of rotatable bonds is 5. The van der Waals surface area contributed by atoms with Gasteiger partial charge in [0.25, 0.3) is 5.56 Å². The molecule has 0 saturated heterocycles. The molecule has 4 nitrogen and oxygen atoms in total. The van der Waals surface area contributed by atoms with E-state index in [4.69, 9.17) is 16.3 Å². The van der Waals surface area contributed by atoms with Crippen LogP contribution in [0.4, 0.5) is 0 Å². The zero-order chi connectivity index (χ0) is 20.4. The highest BCUT2D eigenvalue weighted by atomic mass is 35.5. The summed E-state index contributed by atoms with van der Waals surface area (Å²) in [4.78, 5) is 25.2. The van der Waals surface area contributed by atoms with Crippen molar-refractivity contribution in [1.29, 1.82) is 0 Å². The molecule has 0 amide bonds. The second-order valence-electron chi connectivity index (χ2n) is 7.03. The predicted molar refractivity (Wildman–Crippen MR) is 113 cm³/mol. The van der Waals surface area contributed by atoms with Crippen LogP contribution in [0.15, 0.2) is 41.2 Å². The highest BCUT2D eigenvalue weighted by Crippen LogP contribution is 2.27. The molecule has 0 fully saturated rings. The summed E-state index contributed by atoms with van der Waals surface area (Å²) in [5.41, 5.74) is 5.45. The first kappa shape index (κ1) is 20.2. The van der Waals surface area contributed by atoms with Crippen LogP contribution < -0.4 is 5.56 Å². The molecule has 0 radical (unpaired) electrons. The number of pyridine rings is 1. The molecule has 0 N–H and O–H groups in total. The standard InChI is InChI=1S/C23H24ClNO3/c1-5-25-20-11-14(2)10-17(13-21(26)28-4)22(20)15(3)19(23(25)27)12-16-6-8-18(24)9-7-16/h6-11H,5,12-13H2,1-4H3. The lowest BCUT2D eigenvalue weighted by Gasteiger charge is -2.18. The van der Waals surface area contributed by atoms with Gasteiger partial charge in [-0.3, -0.25) is 9.59 Å². The summed E-state index contributed by atoms with van der Waals surface area (Å²) in [7, 11) is 1.39. The molecule has 3 aromatic rings. The zero-order valence-corrected chi connectivity index (χ0v) is 17.4. The Labute approximate surface area is 169 Å². The lowest BCUT2D eigenvalue weighted by Crippen LogP contribution is -2.26. The number of hydrogen-bond acceptors (Lipinski definition) is 3. The Bertz CT molecular complexity index is 1100. The number of benzene rings is 2. The molecular weight excluding hydrogens is 374 g/mol. The Hall–Kier alpha value is -2.59. The quantitative estimate of drug-likeness (QED) is 0.591. The van der Waals surface area contributed by atoms with Gasteiger partial charge in [-0.25, -0.2) is 0 Å². The first-order chi connectivity index (χ1) is 13.3. The maximum atomic E-state index is 13.3. The summed E-state index contributed by atoms with van der Waals surface area (Å²) >= 11 is 5.99. The van der Waals surface area contributed by atoms with Crippen LogP contribution in [0.2, 0.25) is 5.02 Å². The molecule has 0 bridgehead atoms. The van der Waals surface area contributed by atoms with Crippen LogP contribution in [-0.4, -0.2) is 17.6 Å². The van der Waals surface area contributed by atoms with E-state index >= 15 is 0 Å². The fourth-order valence-electron chi connectivity index (χ4n) is 3.77. The highest BCUT2D eigenvalue weighted by Gasteiger charge is 2.18. The summed E-state index contributed by atoms with van der Waals surface area (Å²) in [6.07, 6.45) is 0.696. The van der Waals surface area contributed by atoms with E-state index in [1.807, 2.05) is 57.2 Å². The number of aromatic nitrogens is 1. The third kappa shape index (κ3) is 3.83. The Kier molecular flexibility index (Phi) is 5.90. The Morgan fingerprint density at radius 1 is 1.14 bits per heavy atom. The SMILES string of the molecule is CCn1c(=O)c(Cc2ccc(Cl)cc2)c(C)c2c(CC(=O)OC)cc(C)cc21. The number of carbonyl (C=O) groups is 1. The summed E-state index contributed by atoms with van der Waals surface area (Å²) in [5.74, 6) is -0.292. The van der Waals surface area contributed by atoms with Crippen LogP contribution >= 0.6 is 11.6 Å². The fourth-order valence-corrected chi connectivity index (χ4v) is 3.89. The van der Waals surface area contributed by atoms with E-state index in [1.54, 1.807) is 4.57 Å². The molecule has 5 heteroatoms. The molecule has 1 heterocycles. The molecule has 146 valence electrons. The molecular formula is C23H24ClNO3. The topological polar surface area (TPSA) is 48.3 Å². The first-order valence-corrected chi connectivity index (χ1v) is 9.70. The number of ether oxygens (including phenoxy) is 1. The van der Waals surface area contributed by atoms with E-state index < -0.39 is 0 Å². The third-order valence-electron chi connectivity index (χ3n) is 5.14. The number of methoxy groups -OCH3 is 1. The normalized spacial score (nSPS) is 11.0. The molecule has 0 unspecified atom stereocenters. The van der Waals surface area contributed by atoms with Crippen molar-refractivity contribution in [1.82, 2.24) is 4.57 Å². The number of aryl methyl sites for hydroxylation is 3. The van der Waals surface area contributed by atoms with Crippen molar-refractivity contribution in [3.63, 3.8) is 0 Å². The van der Waals surface area contributed by atoms with E-state index in [9.17, 15) is 9.59 Å². The Morgan fingerprint density at radius 2 is 1.82 bits per heavy atom. The van der Waals surface area contributed by atoms with Crippen molar-refractivity contribution < 1.29 is 9.53 Å². The number of nitrogens with zero attached hydrogens (tertiary/aromatic N) is 1. The number of hydrogen-bond donors (Lipinski definition) is 0. The fraction of sp³-hybridized carbons (Fsp3) is 0.304. The largest absolute Gasteiger partial charge is 0.469 e. The molecule has 0 spiro atoms. The second-order valence-corrected chi connectivity index (χ2v) is 7.46. The van der Waals surface area contributed by atoms with Crippen LogP contribution in [0.25, 0.3) is 10.9 Å². The molecule has 0 aliphatic heterocycles. The van der Waals surface area contributed by atoms with Gasteiger partial charge in [0.1, 0.15) is 0 Å². The lowest BCUT2D eigenvalue weighted by atomic mass is 9.93. The van der Waals surface area contributed by atoms with E-state index in [-0.39, 0.29) is 17.9 Å². The van der Waals surface area contributed by atoms with E-state index in [2.05, 4.69) is 0 Å². The van der Waals surface area contributed by atoms with Crippen molar-refractivity contribution in [3.05, 3.63) is 79.6 Å². The number of esters is 1. The molecule has 1 aromatic heterocycles. The monoisotopic (exact) mass is 397 g/mol. The van der Waals surface area contributed by atoms with Gasteiger partial charge in [0.2, 0.25) is 0 Å². The van der Waals surface area contributed by atoms with Gasteiger partial charge in [0.05, 0.1) is 19.0 Å². The van der Waals surface area contributed by atoms with Crippen LogP contribution in [0.1, 0.15) is 34.7 Å².